The van der Waals surface area contributed by atoms with Crippen molar-refractivity contribution in [2.24, 2.45) is 0 Å². The fraction of sp³-hybridized carbons (Fsp3) is 0.222. The van der Waals surface area contributed by atoms with E-state index >= 15 is 0 Å². The molecule has 21 heavy (non-hydrogen) atoms. The summed E-state index contributed by atoms with van der Waals surface area (Å²) in [6, 6.07) is 16.7. The highest BCUT2D eigenvalue weighted by Gasteiger charge is 2.12. The van der Waals surface area contributed by atoms with Gasteiger partial charge in [-0.2, -0.15) is 5.10 Å². The van der Waals surface area contributed by atoms with Crippen LogP contribution in [0.15, 0.2) is 48.5 Å². The summed E-state index contributed by atoms with van der Waals surface area (Å²) in [4.78, 5) is 4.73. The van der Waals surface area contributed by atoms with E-state index in [1.807, 2.05) is 4.68 Å². The van der Waals surface area contributed by atoms with Crippen LogP contribution in [0, 0.1) is 13.8 Å². The first-order valence-electron chi connectivity index (χ1n) is 7.26. The lowest BCUT2D eigenvalue weighted by Gasteiger charge is -2.02. The van der Waals surface area contributed by atoms with Crippen LogP contribution < -0.4 is 0 Å². The number of rotatable bonds is 3. The second-order valence-electron chi connectivity index (χ2n) is 5.31. The Labute approximate surface area is 125 Å². The third kappa shape index (κ3) is 2.72. The molecule has 3 aromatic rings. The second-order valence-corrected chi connectivity index (χ2v) is 5.31. The Morgan fingerprint density at radius 2 is 1.33 bits per heavy atom. The van der Waals surface area contributed by atoms with Gasteiger partial charge in [-0.1, -0.05) is 59.7 Å². The molecular weight excluding hydrogens is 258 g/mol. The summed E-state index contributed by atoms with van der Waals surface area (Å²) in [5, 5.41) is 4.63. The molecule has 3 nitrogen and oxygen atoms in total. The fourth-order valence-corrected chi connectivity index (χ4v) is 2.30. The lowest BCUT2D eigenvalue weighted by atomic mass is 10.1. The second kappa shape index (κ2) is 5.52. The topological polar surface area (TPSA) is 30.7 Å². The molecule has 0 amide bonds. The van der Waals surface area contributed by atoms with Crippen molar-refractivity contribution in [2.45, 2.75) is 27.3 Å². The minimum Gasteiger partial charge on any atom is -0.245 e. The van der Waals surface area contributed by atoms with Gasteiger partial charge >= 0.3 is 0 Å². The summed E-state index contributed by atoms with van der Waals surface area (Å²) >= 11 is 0. The summed E-state index contributed by atoms with van der Waals surface area (Å²) < 4.78 is 1.96. The normalized spacial score (nSPS) is 10.8. The highest BCUT2D eigenvalue weighted by atomic mass is 15.3. The molecule has 0 saturated carbocycles. The van der Waals surface area contributed by atoms with E-state index in [1.54, 1.807) is 0 Å². The molecule has 106 valence electrons. The van der Waals surface area contributed by atoms with Crippen LogP contribution in [0.2, 0.25) is 0 Å². The lowest BCUT2D eigenvalue weighted by Crippen LogP contribution is -1.99. The van der Waals surface area contributed by atoms with Gasteiger partial charge in [0.15, 0.2) is 11.6 Å². The molecule has 0 aliphatic rings. The van der Waals surface area contributed by atoms with E-state index in [0.717, 1.165) is 29.3 Å². The third-order valence-electron chi connectivity index (χ3n) is 3.59. The van der Waals surface area contributed by atoms with E-state index in [0.29, 0.717) is 0 Å². The van der Waals surface area contributed by atoms with Gasteiger partial charge in [0.25, 0.3) is 0 Å². The van der Waals surface area contributed by atoms with Crippen LogP contribution in [0.4, 0.5) is 0 Å². The Bertz CT molecular complexity index is 737. The van der Waals surface area contributed by atoms with Crippen molar-refractivity contribution in [3.8, 4) is 22.8 Å². The maximum atomic E-state index is 4.73. The quantitative estimate of drug-likeness (QED) is 0.716. The first-order valence-corrected chi connectivity index (χ1v) is 7.26. The van der Waals surface area contributed by atoms with Crippen LogP contribution in [0.5, 0.6) is 0 Å². The number of aryl methyl sites for hydroxylation is 3. The summed E-state index contributed by atoms with van der Waals surface area (Å²) in [5.74, 6) is 1.71. The molecule has 0 unspecified atom stereocenters. The number of hydrogen-bond acceptors (Lipinski definition) is 2. The number of benzene rings is 2. The highest BCUT2D eigenvalue weighted by Crippen LogP contribution is 2.23. The van der Waals surface area contributed by atoms with Gasteiger partial charge < -0.3 is 0 Å². The van der Waals surface area contributed by atoms with Crippen molar-refractivity contribution in [3.05, 3.63) is 59.7 Å². The molecule has 0 aliphatic carbocycles. The monoisotopic (exact) mass is 277 g/mol. The molecule has 3 heteroatoms. The lowest BCUT2D eigenvalue weighted by molar-refractivity contribution is 0.668. The van der Waals surface area contributed by atoms with Gasteiger partial charge in [0, 0.05) is 17.7 Å². The van der Waals surface area contributed by atoms with Crippen molar-refractivity contribution >= 4 is 0 Å². The standard InChI is InChI=1S/C18H19N3/c1-4-21-18(16-11-7-14(3)8-12-16)19-17(20-21)15-9-5-13(2)6-10-15/h5-12H,4H2,1-3H3. The molecule has 0 fully saturated rings. The Balaban J connectivity index is 2.05. The molecule has 0 radical (unpaired) electrons. The van der Waals surface area contributed by atoms with Gasteiger partial charge in [0.2, 0.25) is 0 Å². The van der Waals surface area contributed by atoms with Crippen molar-refractivity contribution in [1.82, 2.24) is 14.8 Å². The van der Waals surface area contributed by atoms with Crippen molar-refractivity contribution in [1.29, 1.82) is 0 Å². The number of nitrogens with zero attached hydrogens (tertiary/aromatic N) is 3. The van der Waals surface area contributed by atoms with E-state index in [9.17, 15) is 0 Å². The molecule has 1 aromatic heterocycles. The maximum absolute atomic E-state index is 4.73. The van der Waals surface area contributed by atoms with Crippen molar-refractivity contribution in [3.63, 3.8) is 0 Å². The first kappa shape index (κ1) is 13.6. The number of hydrogen-bond donors (Lipinski definition) is 0. The molecular formula is C18H19N3. The van der Waals surface area contributed by atoms with E-state index in [-0.39, 0.29) is 0 Å². The highest BCUT2D eigenvalue weighted by molar-refractivity contribution is 5.62. The average molecular weight is 277 g/mol. The van der Waals surface area contributed by atoms with Gasteiger partial charge in [-0.15, -0.1) is 0 Å². The van der Waals surface area contributed by atoms with Crippen LogP contribution in [-0.2, 0) is 6.54 Å². The van der Waals surface area contributed by atoms with Crippen molar-refractivity contribution < 1.29 is 0 Å². The predicted molar refractivity (Wildman–Crippen MR) is 86.0 cm³/mol. The van der Waals surface area contributed by atoms with Gasteiger partial charge in [-0.25, -0.2) is 9.67 Å². The van der Waals surface area contributed by atoms with Gasteiger partial charge in [0.1, 0.15) is 0 Å². The Kier molecular flexibility index (Phi) is 3.57. The molecule has 2 aromatic carbocycles. The zero-order valence-electron chi connectivity index (χ0n) is 12.7. The zero-order chi connectivity index (χ0) is 14.8. The summed E-state index contributed by atoms with van der Waals surface area (Å²) in [5.41, 5.74) is 4.65. The van der Waals surface area contributed by atoms with Crippen molar-refractivity contribution in [2.75, 3.05) is 0 Å². The Hall–Kier alpha value is -2.42. The van der Waals surface area contributed by atoms with Gasteiger partial charge in [0.05, 0.1) is 0 Å². The van der Waals surface area contributed by atoms with Crippen LogP contribution in [0.3, 0.4) is 0 Å². The molecule has 0 spiro atoms. The third-order valence-corrected chi connectivity index (χ3v) is 3.59. The predicted octanol–water partition coefficient (Wildman–Crippen LogP) is 4.25. The molecule has 0 atom stereocenters. The Morgan fingerprint density at radius 3 is 1.86 bits per heavy atom. The first-order chi connectivity index (χ1) is 10.2. The van der Waals surface area contributed by atoms with E-state index < -0.39 is 0 Å². The summed E-state index contributed by atoms with van der Waals surface area (Å²) in [7, 11) is 0. The molecule has 1 heterocycles. The number of aromatic nitrogens is 3. The van der Waals surface area contributed by atoms with E-state index in [2.05, 4.69) is 74.4 Å². The zero-order valence-corrected chi connectivity index (χ0v) is 12.7. The molecule has 0 saturated heterocycles. The fourth-order valence-electron chi connectivity index (χ4n) is 2.30. The molecule has 0 bridgehead atoms. The molecule has 0 N–H and O–H groups in total. The Morgan fingerprint density at radius 1 is 0.810 bits per heavy atom. The van der Waals surface area contributed by atoms with Gasteiger partial charge in [-0.3, -0.25) is 0 Å². The molecule has 0 aliphatic heterocycles. The largest absolute Gasteiger partial charge is 0.245 e. The smallest absolute Gasteiger partial charge is 0.181 e. The van der Waals surface area contributed by atoms with Crippen LogP contribution >= 0.6 is 0 Å². The maximum Gasteiger partial charge on any atom is 0.181 e. The van der Waals surface area contributed by atoms with E-state index in [4.69, 9.17) is 4.98 Å². The average Bonchev–Trinajstić information content (AvgIpc) is 2.93. The SMILES string of the molecule is CCn1nc(-c2ccc(C)cc2)nc1-c1ccc(C)cc1. The minimum atomic E-state index is 0.785. The summed E-state index contributed by atoms with van der Waals surface area (Å²) in [6.45, 7) is 7.07. The van der Waals surface area contributed by atoms with Crippen LogP contribution in [-0.4, -0.2) is 14.8 Å². The van der Waals surface area contributed by atoms with E-state index in [1.165, 1.54) is 11.1 Å². The molecule has 3 rings (SSSR count). The van der Waals surface area contributed by atoms with Crippen LogP contribution in [0.25, 0.3) is 22.8 Å². The van der Waals surface area contributed by atoms with Crippen LogP contribution in [0.1, 0.15) is 18.1 Å². The van der Waals surface area contributed by atoms with Gasteiger partial charge in [-0.05, 0) is 20.8 Å². The minimum absolute atomic E-state index is 0.785. The summed E-state index contributed by atoms with van der Waals surface area (Å²) in [6.07, 6.45) is 0.